The van der Waals surface area contributed by atoms with Crippen molar-refractivity contribution in [2.45, 2.75) is 13.5 Å². The number of esters is 1. The molecule has 0 saturated carbocycles. The van der Waals surface area contributed by atoms with Crippen LogP contribution in [0.5, 0.6) is 0 Å². The predicted molar refractivity (Wildman–Crippen MR) is 102 cm³/mol. The lowest BCUT2D eigenvalue weighted by molar-refractivity contribution is -0.149. The van der Waals surface area contributed by atoms with Gasteiger partial charge < -0.3 is 14.1 Å². The van der Waals surface area contributed by atoms with Gasteiger partial charge in [-0.1, -0.05) is 30.3 Å². The van der Waals surface area contributed by atoms with E-state index in [2.05, 4.69) is 17.0 Å². The molecule has 0 spiro atoms. The zero-order valence-corrected chi connectivity index (χ0v) is 15.5. The molecule has 1 amide bonds. The maximum absolute atomic E-state index is 12.2. The van der Waals surface area contributed by atoms with Gasteiger partial charge in [0.05, 0.1) is 0 Å². The minimum Gasteiger partial charge on any atom is -0.462 e. The molecule has 142 valence electrons. The fourth-order valence-corrected chi connectivity index (χ4v) is 2.96. The molecule has 2 aromatic rings. The van der Waals surface area contributed by atoms with Gasteiger partial charge >= 0.3 is 5.97 Å². The molecular formula is C21H24N2O4. The molecule has 6 nitrogen and oxygen atoms in total. The number of amides is 1. The molecule has 1 aromatic heterocycles. The molecule has 1 aromatic carbocycles. The summed E-state index contributed by atoms with van der Waals surface area (Å²) in [6, 6.07) is 13.9. The highest BCUT2D eigenvalue weighted by Crippen LogP contribution is 2.09. The van der Waals surface area contributed by atoms with Gasteiger partial charge in [0.2, 0.25) is 0 Å². The molecule has 3 rings (SSSR count). The van der Waals surface area contributed by atoms with Gasteiger partial charge in [-0.3, -0.25) is 9.69 Å². The number of hydrogen-bond acceptors (Lipinski definition) is 5. The Kier molecular flexibility index (Phi) is 6.44. The van der Waals surface area contributed by atoms with Gasteiger partial charge in [-0.25, -0.2) is 4.79 Å². The summed E-state index contributed by atoms with van der Waals surface area (Å²) in [6.45, 7) is 5.38. The highest BCUT2D eigenvalue weighted by Gasteiger charge is 2.21. The molecule has 27 heavy (non-hydrogen) atoms. The van der Waals surface area contributed by atoms with Crippen LogP contribution in [0, 0.1) is 6.92 Å². The van der Waals surface area contributed by atoms with Crippen molar-refractivity contribution in [1.29, 1.82) is 0 Å². The van der Waals surface area contributed by atoms with E-state index in [1.807, 2.05) is 31.2 Å². The van der Waals surface area contributed by atoms with Crippen LogP contribution in [0.1, 0.15) is 17.1 Å². The van der Waals surface area contributed by atoms with Crippen LogP contribution in [0.4, 0.5) is 0 Å². The van der Waals surface area contributed by atoms with E-state index in [1.165, 1.54) is 17.7 Å². The topological polar surface area (TPSA) is 63.0 Å². The quantitative estimate of drug-likeness (QED) is 0.579. The van der Waals surface area contributed by atoms with Gasteiger partial charge in [-0.15, -0.1) is 0 Å². The van der Waals surface area contributed by atoms with Crippen LogP contribution < -0.4 is 0 Å². The minimum absolute atomic E-state index is 0.162. The van der Waals surface area contributed by atoms with E-state index < -0.39 is 5.97 Å². The van der Waals surface area contributed by atoms with E-state index in [0.717, 1.165) is 25.4 Å². The molecule has 0 bridgehead atoms. The van der Waals surface area contributed by atoms with E-state index in [9.17, 15) is 9.59 Å². The van der Waals surface area contributed by atoms with Crippen LogP contribution in [0.2, 0.25) is 0 Å². The number of hydrogen-bond donors (Lipinski definition) is 0. The number of carbonyl (C=O) groups excluding carboxylic acids is 2. The number of rotatable bonds is 6. The van der Waals surface area contributed by atoms with E-state index in [4.69, 9.17) is 9.15 Å². The third kappa shape index (κ3) is 5.82. The number of nitrogens with zero attached hydrogens (tertiary/aromatic N) is 2. The monoisotopic (exact) mass is 368 g/mol. The molecule has 0 radical (unpaired) electrons. The smallest absolute Gasteiger partial charge is 0.331 e. The highest BCUT2D eigenvalue weighted by molar-refractivity contribution is 5.89. The number of aryl methyl sites for hydroxylation is 1. The second-order valence-electron chi connectivity index (χ2n) is 6.53. The maximum Gasteiger partial charge on any atom is 0.331 e. The summed E-state index contributed by atoms with van der Waals surface area (Å²) in [6.07, 6.45) is 2.80. The molecule has 0 atom stereocenters. The number of benzene rings is 1. The lowest BCUT2D eigenvalue weighted by Crippen LogP contribution is -2.49. The average molecular weight is 368 g/mol. The molecule has 0 N–H and O–H groups in total. The molecule has 1 aliphatic heterocycles. The second kappa shape index (κ2) is 9.19. The van der Waals surface area contributed by atoms with Crippen LogP contribution in [-0.4, -0.2) is 54.5 Å². The molecule has 1 fully saturated rings. The van der Waals surface area contributed by atoms with E-state index >= 15 is 0 Å². The minimum atomic E-state index is -0.555. The summed E-state index contributed by atoms with van der Waals surface area (Å²) in [5.74, 6) is 0.625. The summed E-state index contributed by atoms with van der Waals surface area (Å²) >= 11 is 0. The predicted octanol–water partition coefficient (Wildman–Crippen LogP) is 2.49. The first-order valence-electron chi connectivity index (χ1n) is 9.05. The molecule has 1 saturated heterocycles. The lowest BCUT2D eigenvalue weighted by atomic mass is 10.2. The van der Waals surface area contributed by atoms with Crippen LogP contribution in [-0.2, 0) is 20.9 Å². The standard InChI is InChI=1S/C21H24N2O4/c1-17-7-8-19(27-17)9-10-21(25)26-16-20(24)23-13-11-22(12-14-23)15-18-5-3-2-4-6-18/h2-10H,11-16H2,1H3/b10-9+. The molecule has 0 aliphatic carbocycles. The van der Waals surface area contributed by atoms with Crippen molar-refractivity contribution in [3.05, 3.63) is 65.6 Å². The first-order valence-corrected chi connectivity index (χ1v) is 9.05. The molecular weight excluding hydrogens is 344 g/mol. The third-order valence-corrected chi connectivity index (χ3v) is 4.46. The van der Waals surface area contributed by atoms with Gasteiger partial charge in [0.1, 0.15) is 11.5 Å². The Hall–Kier alpha value is -2.86. The Morgan fingerprint density at radius 2 is 1.81 bits per heavy atom. The van der Waals surface area contributed by atoms with Crippen molar-refractivity contribution in [3.63, 3.8) is 0 Å². The first kappa shape index (κ1) is 18.9. The second-order valence-corrected chi connectivity index (χ2v) is 6.53. The van der Waals surface area contributed by atoms with E-state index in [-0.39, 0.29) is 12.5 Å². The zero-order chi connectivity index (χ0) is 19.1. The van der Waals surface area contributed by atoms with Gasteiger partial charge in [0.25, 0.3) is 5.91 Å². The van der Waals surface area contributed by atoms with Gasteiger partial charge in [-0.05, 0) is 30.7 Å². The lowest BCUT2D eigenvalue weighted by Gasteiger charge is -2.34. The summed E-state index contributed by atoms with van der Waals surface area (Å²) in [7, 11) is 0. The van der Waals surface area contributed by atoms with Crippen molar-refractivity contribution in [2.75, 3.05) is 32.8 Å². The van der Waals surface area contributed by atoms with Crippen molar-refractivity contribution in [2.24, 2.45) is 0 Å². The summed E-state index contributed by atoms with van der Waals surface area (Å²) in [4.78, 5) is 28.0. The van der Waals surface area contributed by atoms with E-state index in [0.29, 0.717) is 18.8 Å². The Bertz CT molecular complexity index is 790. The SMILES string of the molecule is Cc1ccc(/C=C/C(=O)OCC(=O)N2CCN(Cc3ccccc3)CC2)o1. The highest BCUT2D eigenvalue weighted by atomic mass is 16.5. The molecule has 0 unspecified atom stereocenters. The summed E-state index contributed by atoms with van der Waals surface area (Å²) in [5.41, 5.74) is 1.27. The van der Waals surface area contributed by atoms with E-state index in [1.54, 1.807) is 11.0 Å². The van der Waals surface area contributed by atoms with Gasteiger partial charge in [0, 0.05) is 38.8 Å². The first-order chi connectivity index (χ1) is 13.1. The molecule has 2 heterocycles. The fourth-order valence-electron chi connectivity index (χ4n) is 2.96. The summed E-state index contributed by atoms with van der Waals surface area (Å²) < 4.78 is 10.4. The number of ether oxygens (including phenoxy) is 1. The maximum atomic E-state index is 12.2. The average Bonchev–Trinajstić information content (AvgIpc) is 3.11. The normalized spacial score (nSPS) is 15.2. The number of carbonyl (C=O) groups is 2. The van der Waals surface area contributed by atoms with Crippen molar-refractivity contribution >= 4 is 18.0 Å². The van der Waals surface area contributed by atoms with Gasteiger partial charge in [0.15, 0.2) is 6.61 Å². The van der Waals surface area contributed by atoms with Crippen molar-refractivity contribution < 1.29 is 18.7 Å². The van der Waals surface area contributed by atoms with Crippen molar-refractivity contribution in [1.82, 2.24) is 9.80 Å². The fraction of sp³-hybridized carbons (Fsp3) is 0.333. The summed E-state index contributed by atoms with van der Waals surface area (Å²) in [5, 5.41) is 0. The third-order valence-electron chi connectivity index (χ3n) is 4.46. The Labute approximate surface area is 159 Å². The largest absolute Gasteiger partial charge is 0.462 e. The molecule has 6 heteroatoms. The van der Waals surface area contributed by atoms with Gasteiger partial charge in [-0.2, -0.15) is 0 Å². The molecule has 1 aliphatic rings. The Morgan fingerprint density at radius 1 is 1.07 bits per heavy atom. The zero-order valence-electron chi connectivity index (χ0n) is 15.5. The van der Waals surface area contributed by atoms with Crippen LogP contribution in [0.25, 0.3) is 6.08 Å². The van der Waals surface area contributed by atoms with Crippen molar-refractivity contribution in [3.8, 4) is 0 Å². The van der Waals surface area contributed by atoms with Crippen LogP contribution >= 0.6 is 0 Å². The van der Waals surface area contributed by atoms with Crippen LogP contribution in [0.15, 0.2) is 53.0 Å². The number of piperazine rings is 1. The van der Waals surface area contributed by atoms with Crippen LogP contribution in [0.3, 0.4) is 0 Å². The Balaban J connectivity index is 1.38. The Morgan fingerprint density at radius 3 is 2.48 bits per heavy atom. The number of furan rings is 1.